The van der Waals surface area contributed by atoms with Crippen LogP contribution in [0.3, 0.4) is 0 Å². The van der Waals surface area contributed by atoms with Gasteiger partial charge in [-0.1, -0.05) is 28.9 Å². The molecule has 1 saturated heterocycles. The molecule has 1 fully saturated rings. The number of hydrogen-bond donors (Lipinski definition) is 0. The highest BCUT2D eigenvalue weighted by Crippen LogP contribution is 2.24. The van der Waals surface area contributed by atoms with Gasteiger partial charge in [0, 0.05) is 17.6 Å². The number of nitrogens with zero attached hydrogens (tertiary/aromatic N) is 2. The predicted octanol–water partition coefficient (Wildman–Crippen LogP) is 2.47. The third-order valence-corrected chi connectivity index (χ3v) is 3.70. The summed E-state index contributed by atoms with van der Waals surface area (Å²) in [6.07, 6.45) is 1.58. The Labute approximate surface area is 127 Å². The SMILES string of the molecule is O=C(Cc1ccon1)N1CCOC(c2cccc(Cl)c2)C1. The van der Waals surface area contributed by atoms with Crippen molar-refractivity contribution in [2.45, 2.75) is 12.5 Å². The monoisotopic (exact) mass is 306 g/mol. The van der Waals surface area contributed by atoms with E-state index in [4.69, 9.17) is 20.9 Å². The Balaban J connectivity index is 1.66. The van der Waals surface area contributed by atoms with E-state index in [9.17, 15) is 4.79 Å². The molecule has 1 aromatic carbocycles. The highest BCUT2D eigenvalue weighted by molar-refractivity contribution is 6.30. The number of carbonyl (C=O) groups excluding carboxylic acids is 1. The Morgan fingerprint density at radius 3 is 3.10 bits per heavy atom. The second-order valence-corrected chi connectivity index (χ2v) is 5.36. The number of halogens is 1. The van der Waals surface area contributed by atoms with E-state index in [0.29, 0.717) is 30.4 Å². The number of hydrogen-bond acceptors (Lipinski definition) is 4. The number of rotatable bonds is 3. The first kappa shape index (κ1) is 14.1. The molecule has 1 aliphatic rings. The van der Waals surface area contributed by atoms with Gasteiger partial charge in [0.25, 0.3) is 0 Å². The first-order valence-electron chi connectivity index (χ1n) is 6.76. The number of benzene rings is 1. The molecule has 0 N–H and O–H groups in total. The molecule has 0 saturated carbocycles. The normalized spacial score (nSPS) is 18.7. The Morgan fingerprint density at radius 2 is 2.33 bits per heavy atom. The van der Waals surface area contributed by atoms with Crippen LogP contribution in [0.5, 0.6) is 0 Å². The molecule has 1 unspecified atom stereocenters. The van der Waals surface area contributed by atoms with E-state index in [0.717, 1.165) is 5.56 Å². The zero-order valence-electron chi connectivity index (χ0n) is 11.4. The zero-order valence-corrected chi connectivity index (χ0v) is 12.1. The summed E-state index contributed by atoms with van der Waals surface area (Å²) in [5.74, 6) is 0.0271. The second-order valence-electron chi connectivity index (χ2n) is 4.92. The fraction of sp³-hybridized carbons (Fsp3) is 0.333. The molecule has 0 spiro atoms. The van der Waals surface area contributed by atoms with Gasteiger partial charge in [-0.3, -0.25) is 4.79 Å². The Hall–Kier alpha value is -1.85. The Kier molecular flexibility index (Phi) is 4.22. The van der Waals surface area contributed by atoms with E-state index in [1.165, 1.54) is 6.26 Å². The van der Waals surface area contributed by atoms with Gasteiger partial charge in [0.05, 0.1) is 25.3 Å². The van der Waals surface area contributed by atoms with E-state index in [-0.39, 0.29) is 18.4 Å². The summed E-state index contributed by atoms with van der Waals surface area (Å²) in [5, 5.41) is 4.44. The molecule has 1 aliphatic heterocycles. The molecule has 110 valence electrons. The van der Waals surface area contributed by atoms with Crippen molar-refractivity contribution in [1.82, 2.24) is 10.1 Å². The average Bonchev–Trinajstić information content (AvgIpc) is 3.00. The maximum absolute atomic E-state index is 12.3. The first-order valence-corrected chi connectivity index (χ1v) is 7.14. The van der Waals surface area contributed by atoms with Crippen molar-refractivity contribution in [3.8, 4) is 0 Å². The van der Waals surface area contributed by atoms with Gasteiger partial charge in [-0.05, 0) is 17.7 Å². The smallest absolute Gasteiger partial charge is 0.228 e. The van der Waals surface area contributed by atoms with E-state index >= 15 is 0 Å². The molecular formula is C15H15ClN2O3. The molecule has 2 heterocycles. The largest absolute Gasteiger partial charge is 0.370 e. The number of aromatic nitrogens is 1. The molecule has 21 heavy (non-hydrogen) atoms. The minimum absolute atomic E-state index is 0.0271. The predicted molar refractivity (Wildman–Crippen MR) is 76.9 cm³/mol. The van der Waals surface area contributed by atoms with Gasteiger partial charge in [0.2, 0.25) is 5.91 Å². The lowest BCUT2D eigenvalue weighted by atomic mass is 10.1. The lowest BCUT2D eigenvalue weighted by molar-refractivity contribution is -0.138. The van der Waals surface area contributed by atoms with Gasteiger partial charge in [-0.15, -0.1) is 0 Å². The zero-order chi connectivity index (χ0) is 14.7. The van der Waals surface area contributed by atoms with Crippen molar-refractivity contribution in [3.05, 3.63) is 52.9 Å². The fourth-order valence-electron chi connectivity index (χ4n) is 2.38. The van der Waals surface area contributed by atoms with Crippen LogP contribution in [-0.4, -0.2) is 35.7 Å². The summed E-state index contributed by atoms with van der Waals surface area (Å²) in [6, 6.07) is 9.24. The fourth-order valence-corrected chi connectivity index (χ4v) is 2.58. The van der Waals surface area contributed by atoms with Crippen molar-refractivity contribution in [3.63, 3.8) is 0 Å². The van der Waals surface area contributed by atoms with Crippen molar-refractivity contribution < 1.29 is 14.1 Å². The van der Waals surface area contributed by atoms with Crippen LogP contribution in [0.1, 0.15) is 17.4 Å². The highest BCUT2D eigenvalue weighted by atomic mass is 35.5. The third-order valence-electron chi connectivity index (χ3n) is 3.46. The van der Waals surface area contributed by atoms with Crippen LogP contribution in [0.2, 0.25) is 5.02 Å². The van der Waals surface area contributed by atoms with Crippen molar-refractivity contribution in [2.24, 2.45) is 0 Å². The molecule has 3 rings (SSSR count). The van der Waals surface area contributed by atoms with Crippen LogP contribution in [0.25, 0.3) is 0 Å². The summed E-state index contributed by atoms with van der Waals surface area (Å²) in [6.45, 7) is 1.63. The van der Waals surface area contributed by atoms with E-state index in [1.54, 1.807) is 11.0 Å². The van der Waals surface area contributed by atoms with Gasteiger partial charge in [-0.25, -0.2) is 0 Å². The molecule has 1 atom stereocenters. The van der Waals surface area contributed by atoms with Crippen LogP contribution in [0.4, 0.5) is 0 Å². The average molecular weight is 307 g/mol. The summed E-state index contributed by atoms with van der Waals surface area (Å²) < 4.78 is 10.5. The highest BCUT2D eigenvalue weighted by Gasteiger charge is 2.25. The van der Waals surface area contributed by atoms with Crippen LogP contribution < -0.4 is 0 Å². The number of amides is 1. The van der Waals surface area contributed by atoms with E-state index < -0.39 is 0 Å². The molecule has 0 aliphatic carbocycles. The van der Waals surface area contributed by atoms with Gasteiger partial charge in [0.1, 0.15) is 12.4 Å². The number of ether oxygens (including phenoxy) is 1. The van der Waals surface area contributed by atoms with Crippen LogP contribution in [0, 0.1) is 0 Å². The molecule has 2 aromatic rings. The number of morpholine rings is 1. The molecule has 0 radical (unpaired) electrons. The molecule has 5 nitrogen and oxygen atoms in total. The van der Waals surface area contributed by atoms with Crippen LogP contribution in [0.15, 0.2) is 41.1 Å². The summed E-state index contributed by atoms with van der Waals surface area (Å²) in [5.41, 5.74) is 1.63. The quantitative estimate of drug-likeness (QED) is 0.874. The Bertz CT molecular complexity index is 615. The van der Waals surface area contributed by atoms with Crippen LogP contribution >= 0.6 is 11.6 Å². The summed E-state index contributed by atoms with van der Waals surface area (Å²) >= 11 is 6.00. The van der Waals surface area contributed by atoms with Gasteiger partial charge < -0.3 is 14.2 Å². The van der Waals surface area contributed by atoms with Gasteiger partial charge >= 0.3 is 0 Å². The van der Waals surface area contributed by atoms with Crippen molar-refractivity contribution in [2.75, 3.05) is 19.7 Å². The minimum atomic E-state index is -0.140. The molecule has 0 bridgehead atoms. The van der Waals surface area contributed by atoms with Gasteiger partial charge in [0.15, 0.2) is 0 Å². The van der Waals surface area contributed by atoms with Crippen molar-refractivity contribution in [1.29, 1.82) is 0 Å². The summed E-state index contributed by atoms with van der Waals surface area (Å²) in [4.78, 5) is 14.1. The standard InChI is InChI=1S/C15H15ClN2O3/c16-12-3-1-2-11(8-12)14-10-18(5-7-20-14)15(19)9-13-4-6-21-17-13/h1-4,6,8,14H,5,7,9-10H2. The molecule has 1 aromatic heterocycles. The molecule has 6 heteroatoms. The number of carbonyl (C=O) groups is 1. The van der Waals surface area contributed by atoms with E-state index in [1.807, 2.05) is 24.3 Å². The second kappa shape index (κ2) is 6.28. The summed E-state index contributed by atoms with van der Waals surface area (Å²) in [7, 11) is 0. The topological polar surface area (TPSA) is 55.6 Å². The maximum atomic E-state index is 12.3. The lowest BCUT2D eigenvalue weighted by Crippen LogP contribution is -2.43. The molecular weight excluding hydrogens is 292 g/mol. The van der Waals surface area contributed by atoms with Crippen LogP contribution in [-0.2, 0) is 16.0 Å². The Morgan fingerprint density at radius 1 is 1.43 bits per heavy atom. The van der Waals surface area contributed by atoms with E-state index in [2.05, 4.69) is 5.16 Å². The first-order chi connectivity index (χ1) is 10.2. The molecule has 1 amide bonds. The maximum Gasteiger partial charge on any atom is 0.228 e. The van der Waals surface area contributed by atoms with Crippen molar-refractivity contribution >= 4 is 17.5 Å². The minimum Gasteiger partial charge on any atom is -0.370 e. The third kappa shape index (κ3) is 3.43. The lowest BCUT2D eigenvalue weighted by Gasteiger charge is -2.33. The van der Waals surface area contributed by atoms with Gasteiger partial charge in [-0.2, -0.15) is 0 Å².